The van der Waals surface area contributed by atoms with E-state index in [1.54, 1.807) is 36.8 Å². The number of aromatic hydroxyl groups is 1. The maximum Gasteiger partial charge on any atom is 0.165 e. The minimum atomic E-state index is 0.132. The quantitative estimate of drug-likeness (QED) is 0.435. The van der Waals surface area contributed by atoms with Crippen molar-refractivity contribution in [1.82, 2.24) is 15.0 Å². The van der Waals surface area contributed by atoms with Gasteiger partial charge in [-0.25, -0.2) is 9.97 Å². The number of fused-ring (bicyclic) bond motifs is 1. The minimum absolute atomic E-state index is 0.132. The average molecular weight is 341 g/mol. The Hall–Kier alpha value is -3.80. The van der Waals surface area contributed by atoms with Crippen LogP contribution in [0.4, 0.5) is 5.82 Å². The van der Waals surface area contributed by atoms with Crippen molar-refractivity contribution >= 4 is 22.9 Å². The lowest BCUT2D eigenvalue weighted by Gasteiger charge is -2.09. The molecule has 6 nitrogen and oxygen atoms in total. The molecule has 0 fully saturated rings. The molecular weight excluding hydrogens is 326 g/mol. The first-order valence-corrected chi connectivity index (χ1v) is 8.05. The summed E-state index contributed by atoms with van der Waals surface area (Å²) in [6.45, 7) is 0. The Labute approximate surface area is 149 Å². The van der Waals surface area contributed by atoms with E-state index >= 15 is 0 Å². The summed E-state index contributed by atoms with van der Waals surface area (Å²) < 4.78 is 0. The van der Waals surface area contributed by atoms with Crippen molar-refractivity contribution in [1.29, 1.82) is 0 Å². The van der Waals surface area contributed by atoms with Crippen LogP contribution in [0.15, 0.2) is 78.2 Å². The molecule has 0 aliphatic heterocycles. The molecular formula is C20H15N5O. The van der Waals surface area contributed by atoms with E-state index < -0.39 is 0 Å². The summed E-state index contributed by atoms with van der Waals surface area (Å²) in [5.74, 6) is 1.13. The highest BCUT2D eigenvalue weighted by atomic mass is 16.3. The zero-order valence-electron chi connectivity index (χ0n) is 13.7. The number of pyridine rings is 1. The molecule has 0 saturated carbocycles. The van der Waals surface area contributed by atoms with Gasteiger partial charge in [0.05, 0.1) is 17.3 Å². The van der Waals surface area contributed by atoms with Crippen LogP contribution in [0.25, 0.3) is 22.3 Å². The summed E-state index contributed by atoms with van der Waals surface area (Å²) in [5, 5.41) is 15.2. The molecule has 4 aromatic rings. The lowest BCUT2D eigenvalue weighted by molar-refractivity contribution is 0.477. The smallest absolute Gasteiger partial charge is 0.165 e. The van der Waals surface area contributed by atoms with Crippen LogP contribution in [0.2, 0.25) is 0 Å². The Bertz CT molecular complexity index is 1080. The molecule has 0 saturated heterocycles. The van der Waals surface area contributed by atoms with Gasteiger partial charge in [0.1, 0.15) is 5.75 Å². The SMILES string of the molecule is Oc1ccccc1-c1nc(NN=Cc2cccnc2)c2ccccc2n1. The number of phenols is 1. The largest absolute Gasteiger partial charge is 0.507 e. The molecule has 126 valence electrons. The first-order valence-electron chi connectivity index (χ1n) is 8.05. The minimum Gasteiger partial charge on any atom is -0.507 e. The van der Waals surface area contributed by atoms with Crippen LogP contribution in [0, 0.1) is 0 Å². The van der Waals surface area contributed by atoms with Crippen LogP contribution < -0.4 is 5.43 Å². The van der Waals surface area contributed by atoms with E-state index in [1.807, 2.05) is 42.5 Å². The molecule has 2 aromatic carbocycles. The number of rotatable bonds is 4. The fraction of sp³-hybridized carbons (Fsp3) is 0. The summed E-state index contributed by atoms with van der Waals surface area (Å²) in [7, 11) is 0. The second-order valence-electron chi connectivity index (χ2n) is 5.59. The first-order chi connectivity index (χ1) is 12.8. The molecule has 4 rings (SSSR count). The van der Waals surface area contributed by atoms with Crippen molar-refractivity contribution in [2.75, 3.05) is 5.43 Å². The van der Waals surface area contributed by atoms with Gasteiger partial charge < -0.3 is 5.11 Å². The average Bonchev–Trinajstić information content (AvgIpc) is 2.69. The highest BCUT2D eigenvalue weighted by molar-refractivity contribution is 5.91. The van der Waals surface area contributed by atoms with Gasteiger partial charge in [-0.15, -0.1) is 0 Å². The fourth-order valence-electron chi connectivity index (χ4n) is 2.57. The predicted molar refractivity (Wildman–Crippen MR) is 102 cm³/mol. The number of para-hydroxylation sites is 2. The predicted octanol–water partition coefficient (Wildman–Crippen LogP) is 3.84. The molecule has 0 aliphatic rings. The molecule has 2 N–H and O–H groups in total. The third kappa shape index (κ3) is 3.21. The van der Waals surface area contributed by atoms with E-state index in [0.29, 0.717) is 17.2 Å². The number of hydrazone groups is 1. The highest BCUT2D eigenvalue weighted by Crippen LogP contribution is 2.29. The third-order valence-electron chi connectivity index (χ3n) is 3.82. The van der Waals surface area contributed by atoms with Gasteiger partial charge in [0, 0.05) is 23.3 Å². The summed E-state index contributed by atoms with van der Waals surface area (Å²) >= 11 is 0. The Morgan fingerprint density at radius 1 is 0.923 bits per heavy atom. The maximum absolute atomic E-state index is 10.1. The van der Waals surface area contributed by atoms with E-state index in [-0.39, 0.29) is 5.75 Å². The number of nitrogens with one attached hydrogen (secondary N) is 1. The number of benzene rings is 2. The second-order valence-corrected chi connectivity index (χ2v) is 5.59. The Morgan fingerprint density at radius 3 is 2.62 bits per heavy atom. The molecule has 0 amide bonds. The first kappa shape index (κ1) is 15.7. The van der Waals surface area contributed by atoms with Gasteiger partial charge in [0.15, 0.2) is 11.6 Å². The van der Waals surface area contributed by atoms with Crippen LogP contribution in [0.5, 0.6) is 5.75 Å². The van der Waals surface area contributed by atoms with Crippen molar-refractivity contribution in [3.8, 4) is 17.1 Å². The summed E-state index contributed by atoms with van der Waals surface area (Å²) in [6, 6.07) is 18.4. The zero-order chi connectivity index (χ0) is 17.8. The molecule has 0 spiro atoms. The molecule has 6 heteroatoms. The summed E-state index contributed by atoms with van der Waals surface area (Å²) in [4.78, 5) is 13.2. The summed E-state index contributed by atoms with van der Waals surface area (Å²) in [5.41, 5.74) is 5.18. The molecule has 26 heavy (non-hydrogen) atoms. The van der Waals surface area contributed by atoms with Gasteiger partial charge in [-0.3, -0.25) is 10.4 Å². The standard InChI is InChI=1S/C20H15N5O/c26-18-10-4-2-8-16(18)19-23-17-9-3-1-7-15(17)20(24-19)25-22-13-14-6-5-11-21-12-14/h1-13,26H,(H,23,24,25). The Kier molecular flexibility index (Phi) is 4.22. The van der Waals surface area contributed by atoms with Gasteiger partial charge in [-0.2, -0.15) is 5.10 Å². The van der Waals surface area contributed by atoms with E-state index in [0.717, 1.165) is 16.5 Å². The number of nitrogens with zero attached hydrogens (tertiary/aromatic N) is 4. The summed E-state index contributed by atoms with van der Waals surface area (Å²) in [6.07, 6.45) is 5.10. The molecule has 0 atom stereocenters. The van der Waals surface area contributed by atoms with Crippen molar-refractivity contribution in [2.24, 2.45) is 5.10 Å². The molecule has 0 aliphatic carbocycles. The van der Waals surface area contributed by atoms with E-state index in [2.05, 4.69) is 25.5 Å². The van der Waals surface area contributed by atoms with Crippen molar-refractivity contribution in [2.45, 2.75) is 0 Å². The van der Waals surface area contributed by atoms with E-state index in [4.69, 9.17) is 0 Å². The van der Waals surface area contributed by atoms with Gasteiger partial charge in [0.2, 0.25) is 0 Å². The lowest BCUT2D eigenvalue weighted by atomic mass is 10.1. The van der Waals surface area contributed by atoms with E-state index in [1.165, 1.54) is 0 Å². The molecule has 0 radical (unpaired) electrons. The van der Waals surface area contributed by atoms with Crippen LogP contribution in [0.1, 0.15) is 5.56 Å². The Balaban J connectivity index is 1.75. The van der Waals surface area contributed by atoms with Crippen molar-refractivity contribution in [3.05, 3.63) is 78.6 Å². The normalized spacial score (nSPS) is 11.1. The maximum atomic E-state index is 10.1. The number of anilines is 1. The monoisotopic (exact) mass is 341 g/mol. The van der Waals surface area contributed by atoms with Crippen LogP contribution >= 0.6 is 0 Å². The number of aromatic nitrogens is 3. The van der Waals surface area contributed by atoms with Gasteiger partial charge in [-0.05, 0) is 30.3 Å². The third-order valence-corrected chi connectivity index (χ3v) is 3.82. The second kappa shape index (κ2) is 6.98. The lowest BCUT2D eigenvalue weighted by Crippen LogP contribution is -1.99. The van der Waals surface area contributed by atoms with Gasteiger partial charge in [0.25, 0.3) is 0 Å². The van der Waals surface area contributed by atoms with Gasteiger partial charge >= 0.3 is 0 Å². The molecule has 2 heterocycles. The molecule has 0 unspecified atom stereocenters. The Morgan fingerprint density at radius 2 is 1.77 bits per heavy atom. The highest BCUT2D eigenvalue weighted by Gasteiger charge is 2.11. The van der Waals surface area contributed by atoms with Gasteiger partial charge in [-0.1, -0.05) is 30.3 Å². The number of hydrogen-bond donors (Lipinski definition) is 2. The van der Waals surface area contributed by atoms with E-state index in [9.17, 15) is 5.11 Å². The topological polar surface area (TPSA) is 83.3 Å². The molecule has 0 bridgehead atoms. The molecule has 2 aromatic heterocycles. The van der Waals surface area contributed by atoms with Crippen molar-refractivity contribution in [3.63, 3.8) is 0 Å². The van der Waals surface area contributed by atoms with Crippen LogP contribution in [-0.4, -0.2) is 26.3 Å². The number of hydrogen-bond acceptors (Lipinski definition) is 6. The van der Waals surface area contributed by atoms with Crippen LogP contribution in [-0.2, 0) is 0 Å². The zero-order valence-corrected chi connectivity index (χ0v) is 13.7. The fourth-order valence-corrected chi connectivity index (χ4v) is 2.57. The van der Waals surface area contributed by atoms with Crippen LogP contribution in [0.3, 0.4) is 0 Å². The van der Waals surface area contributed by atoms with Crippen molar-refractivity contribution < 1.29 is 5.11 Å². The number of phenolic OH excluding ortho intramolecular Hbond substituents is 1.